The summed E-state index contributed by atoms with van der Waals surface area (Å²) in [4.78, 5) is 22.7. The van der Waals surface area contributed by atoms with Crippen LogP contribution in [-0.4, -0.2) is 35.0 Å². The lowest BCUT2D eigenvalue weighted by Gasteiger charge is -2.63. The van der Waals surface area contributed by atoms with E-state index in [0.717, 1.165) is 69.1 Å². The standard InChI is InChI=1S/C24H35N3O4/c1-22-8-5-16(26-27-21(25)29)12-15(22)3-4-19-18(22)6-9-23(2)17(7-10-24(19,23)30)14-11-20(28)31-13-14/h11,15,17-19,30H,3-10,12-13H2,1-2H3,(H3,25,27,29)/b26-16+/t15-,17-,18+,19-,22+,23-,24+/m1/s1. The van der Waals surface area contributed by atoms with Crippen molar-refractivity contribution in [1.29, 1.82) is 0 Å². The highest BCUT2D eigenvalue weighted by Gasteiger charge is 2.67. The number of esters is 1. The Labute approximate surface area is 183 Å². The van der Waals surface area contributed by atoms with Crippen molar-refractivity contribution in [1.82, 2.24) is 5.43 Å². The van der Waals surface area contributed by atoms with Crippen LogP contribution in [0.3, 0.4) is 0 Å². The van der Waals surface area contributed by atoms with Gasteiger partial charge in [0.05, 0.1) is 5.60 Å². The van der Waals surface area contributed by atoms with E-state index in [1.54, 1.807) is 6.08 Å². The Bertz CT molecular complexity index is 869. The number of aliphatic hydroxyl groups is 1. The number of urea groups is 1. The van der Waals surface area contributed by atoms with E-state index in [-0.39, 0.29) is 22.7 Å². The summed E-state index contributed by atoms with van der Waals surface area (Å²) >= 11 is 0. The summed E-state index contributed by atoms with van der Waals surface area (Å²) in [5.74, 6) is 1.34. The number of nitrogens with two attached hydrogens (primary N) is 1. The van der Waals surface area contributed by atoms with Crippen molar-refractivity contribution in [3.8, 4) is 0 Å². The molecule has 2 amide bonds. The molecule has 7 heteroatoms. The van der Waals surface area contributed by atoms with Gasteiger partial charge in [-0.05, 0) is 92.4 Å². The molecule has 1 heterocycles. The summed E-state index contributed by atoms with van der Waals surface area (Å²) < 4.78 is 5.22. The number of hydrogen-bond acceptors (Lipinski definition) is 5. The topological polar surface area (TPSA) is 114 Å². The van der Waals surface area contributed by atoms with Gasteiger partial charge in [-0.3, -0.25) is 0 Å². The fraction of sp³-hybridized carbons (Fsp3) is 0.792. The quantitative estimate of drug-likeness (QED) is 0.462. The molecular weight excluding hydrogens is 394 g/mol. The maximum absolute atomic E-state index is 12.2. The molecule has 4 saturated carbocycles. The molecule has 0 spiro atoms. The largest absolute Gasteiger partial charge is 0.458 e. The molecule has 0 unspecified atom stereocenters. The molecule has 0 bridgehead atoms. The normalized spacial score (nSPS) is 47.8. The highest BCUT2D eigenvalue weighted by molar-refractivity contribution is 5.87. The highest BCUT2D eigenvalue weighted by Crippen LogP contribution is 2.69. The number of carbonyl (C=O) groups excluding carboxylic acids is 2. The minimum absolute atomic E-state index is 0.190. The van der Waals surface area contributed by atoms with Crippen LogP contribution in [0.25, 0.3) is 0 Å². The van der Waals surface area contributed by atoms with E-state index in [1.165, 1.54) is 0 Å². The fourth-order valence-electron chi connectivity index (χ4n) is 8.45. The molecule has 4 N–H and O–H groups in total. The van der Waals surface area contributed by atoms with Gasteiger partial charge in [0.25, 0.3) is 0 Å². The lowest BCUT2D eigenvalue weighted by Crippen LogP contribution is -2.62. The van der Waals surface area contributed by atoms with E-state index in [9.17, 15) is 14.7 Å². The lowest BCUT2D eigenvalue weighted by molar-refractivity contribution is -0.200. The van der Waals surface area contributed by atoms with Crippen molar-refractivity contribution in [2.24, 2.45) is 45.3 Å². The zero-order valence-corrected chi connectivity index (χ0v) is 18.7. The Kier molecular flexibility index (Phi) is 4.78. The average molecular weight is 430 g/mol. The number of amides is 2. The van der Waals surface area contributed by atoms with Crippen LogP contribution in [-0.2, 0) is 9.53 Å². The van der Waals surface area contributed by atoms with Crippen molar-refractivity contribution < 1.29 is 19.4 Å². The molecule has 5 rings (SSSR count). The van der Waals surface area contributed by atoms with Crippen LogP contribution in [0.2, 0.25) is 0 Å². The lowest BCUT2D eigenvalue weighted by atomic mass is 9.43. The summed E-state index contributed by atoms with van der Waals surface area (Å²) in [6.07, 6.45) is 10.5. The van der Waals surface area contributed by atoms with E-state index in [1.807, 2.05) is 0 Å². The molecular formula is C24H35N3O4. The van der Waals surface area contributed by atoms with Crippen molar-refractivity contribution in [2.75, 3.05) is 6.61 Å². The highest BCUT2D eigenvalue weighted by atomic mass is 16.5. The molecule has 0 aromatic heterocycles. The third-order valence-electron chi connectivity index (χ3n) is 10.1. The SMILES string of the molecule is C[C@]12CC/C(=N\NC(N)=O)C[C@H]1CC[C@@H]1[C@@H]2CC[C@]2(C)[C@@H](C3=CC(=O)OC3)CC[C@]12O. The number of carbonyl (C=O) groups is 2. The minimum Gasteiger partial charge on any atom is -0.458 e. The van der Waals surface area contributed by atoms with Crippen molar-refractivity contribution in [3.63, 3.8) is 0 Å². The van der Waals surface area contributed by atoms with Gasteiger partial charge in [-0.1, -0.05) is 13.8 Å². The van der Waals surface area contributed by atoms with Crippen molar-refractivity contribution >= 4 is 17.7 Å². The Morgan fingerprint density at radius 1 is 1.19 bits per heavy atom. The van der Waals surface area contributed by atoms with Gasteiger partial charge in [0.15, 0.2) is 0 Å². The summed E-state index contributed by atoms with van der Waals surface area (Å²) in [6, 6.07) is -0.612. The number of hydrogen-bond donors (Lipinski definition) is 3. The van der Waals surface area contributed by atoms with E-state index in [2.05, 4.69) is 24.4 Å². The van der Waals surface area contributed by atoms with Crippen LogP contribution >= 0.6 is 0 Å². The first-order valence-corrected chi connectivity index (χ1v) is 11.9. The third-order valence-corrected chi connectivity index (χ3v) is 10.1. The molecule has 31 heavy (non-hydrogen) atoms. The average Bonchev–Trinajstić information content (AvgIpc) is 3.26. The number of rotatable bonds is 2. The molecule has 170 valence electrons. The first-order valence-electron chi connectivity index (χ1n) is 11.9. The van der Waals surface area contributed by atoms with Crippen molar-refractivity contribution in [3.05, 3.63) is 11.6 Å². The zero-order chi connectivity index (χ0) is 22.0. The number of hydrazone groups is 1. The Morgan fingerprint density at radius 3 is 2.71 bits per heavy atom. The van der Waals surface area contributed by atoms with Crippen molar-refractivity contribution in [2.45, 2.75) is 77.2 Å². The Balaban J connectivity index is 1.39. The minimum atomic E-state index is -0.678. The zero-order valence-electron chi connectivity index (χ0n) is 18.7. The maximum Gasteiger partial charge on any atom is 0.332 e. The Hall–Kier alpha value is -1.89. The summed E-state index contributed by atoms with van der Waals surface area (Å²) in [5, 5.41) is 16.5. The molecule has 4 fully saturated rings. The molecule has 0 aromatic rings. The second-order valence-corrected chi connectivity index (χ2v) is 11.1. The molecule has 4 aliphatic carbocycles. The second-order valence-electron chi connectivity index (χ2n) is 11.1. The smallest absolute Gasteiger partial charge is 0.332 e. The molecule has 1 aliphatic heterocycles. The van der Waals surface area contributed by atoms with Crippen LogP contribution in [0.15, 0.2) is 16.8 Å². The van der Waals surface area contributed by atoms with E-state index >= 15 is 0 Å². The molecule has 7 atom stereocenters. The Morgan fingerprint density at radius 2 is 2.00 bits per heavy atom. The van der Waals surface area contributed by atoms with Gasteiger partial charge in [-0.15, -0.1) is 0 Å². The van der Waals surface area contributed by atoms with Crippen LogP contribution in [0.4, 0.5) is 4.79 Å². The number of cyclic esters (lactones) is 1. The number of nitrogens with zero attached hydrogens (tertiary/aromatic N) is 1. The molecule has 0 aromatic carbocycles. The molecule has 0 radical (unpaired) electrons. The van der Waals surface area contributed by atoms with Crippen LogP contribution < -0.4 is 11.2 Å². The predicted molar refractivity (Wildman–Crippen MR) is 116 cm³/mol. The number of ether oxygens (including phenoxy) is 1. The molecule has 7 nitrogen and oxygen atoms in total. The van der Waals surface area contributed by atoms with E-state index in [4.69, 9.17) is 10.5 Å². The predicted octanol–water partition coefficient (Wildman–Crippen LogP) is 3.27. The van der Waals surface area contributed by atoms with Gasteiger partial charge in [0.2, 0.25) is 0 Å². The summed E-state index contributed by atoms with van der Waals surface area (Å²) in [7, 11) is 0. The van der Waals surface area contributed by atoms with Crippen LogP contribution in [0.5, 0.6) is 0 Å². The van der Waals surface area contributed by atoms with Gasteiger partial charge in [0, 0.05) is 17.2 Å². The fourth-order valence-corrected chi connectivity index (χ4v) is 8.45. The molecule has 5 aliphatic rings. The van der Waals surface area contributed by atoms with E-state index in [0.29, 0.717) is 24.4 Å². The number of fused-ring (bicyclic) bond motifs is 5. The van der Waals surface area contributed by atoms with Gasteiger partial charge in [-0.2, -0.15) is 5.10 Å². The van der Waals surface area contributed by atoms with Gasteiger partial charge < -0.3 is 15.6 Å². The van der Waals surface area contributed by atoms with Crippen LogP contribution in [0, 0.1) is 34.5 Å². The maximum atomic E-state index is 12.2. The number of primary amides is 1. The molecule has 0 saturated heterocycles. The van der Waals surface area contributed by atoms with E-state index < -0.39 is 11.6 Å². The number of nitrogens with one attached hydrogen (secondary N) is 1. The summed E-state index contributed by atoms with van der Waals surface area (Å²) in [5.41, 5.74) is 9.03. The first kappa shape index (κ1) is 21.0. The van der Waals surface area contributed by atoms with Gasteiger partial charge in [-0.25, -0.2) is 15.0 Å². The second kappa shape index (κ2) is 7.06. The van der Waals surface area contributed by atoms with Gasteiger partial charge >= 0.3 is 12.0 Å². The van der Waals surface area contributed by atoms with Gasteiger partial charge in [0.1, 0.15) is 6.61 Å². The summed E-state index contributed by atoms with van der Waals surface area (Å²) in [6.45, 7) is 5.09. The monoisotopic (exact) mass is 429 g/mol. The van der Waals surface area contributed by atoms with Crippen LogP contribution in [0.1, 0.15) is 71.6 Å². The third kappa shape index (κ3) is 2.99. The first-order chi connectivity index (χ1) is 14.7.